The topological polar surface area (TPSA) is 260 Å². The van der Waals surface area contributed by atoms with E-state index >= 15 is 0 Å². The van der Waals surface area contributed by atoms with E-state index in [2.05, 4.69) is 72.7 Å². The molecule has 8 aromatic heterocycles. The van der Waals surface area contributed by atoms with Crippen molar-refractivity contribution in [1.82, 2.24) is 31.1 Å². The molecule has 11 rings (SSSR count). The zero-order valence-corrected chi connectivity index (χ0v) is 58.6. The number of fused-ring (bicyclic) bond motifs is 3. The molecule has 88 heavy (non-hydrogen) atoms. The lowest BCUT2D eigenvalue weighted by atomic mass is 10.3. The Hall–Kier alpha value is -5.26. The van der Waals surface area contributed by atoms with E-state index in [1.165, 1.54) is 60.6 Å². The molecule has 8 heterocycles. The van der Waals surface area contributed by atoms with Crippen LogP contribution >= 0.6 is 186 Å². The third kappa shape index (κ3) is 20.1. The summed E-state index contributed by atoms with van der Waals surface area (Å²) in [6.45, 7) is 0. The summed E-state index contributed by atoms with van der Waals surface area (Å²) in [5.74, 6) is 2.01. The Labute approximate surface area is 582 Å². The number of esters is 2. The van der Waals surface area contributed by atoms with Gasteiger partial charge >= 0.3 is 11.9 Å². The first-order valence-corrected chi connectivity index (χ1v) is 31.7. The number of carbonyl (C=O) groups is 4. The standard InChI is InChI=1S/2C15H9BrClNO3S.C14H8BrClN2O2S.C6H2Cl3NO.C5H2Cl3N.CH4O.H3N/c1-20-15(19)12-6-10-11(7-18-14(17)13(10)22-12)21-9-4-2-8(16)3-5-9;1-20-15(19)11-6-10-12(22-11)7-18-14(17)13(10)21-9-4-2-8(16)3-5-9;15-7-1-3-8(4-2-7)20-12-9-5-10(14(17)19)21-11(9)6-18-13(12)16;7-4-1-10-6(9)5(8)3(4)2-11;6-3-1-4(7)5(8)9-2-3;1-2;/h2*2-7H,1H3;1-6H,(H2,17,19);1-2H;1-2H;2H,1H3;1H3. The van der Waals surface area contributed by atoms with Gasteiger partial charge in [-0.15, -0.1) is 34.0 Å². The smallest absolute Gasteiger partial charge is 0.348 e. The zero-order chi connectivity index (χ0) is 63.6. The van der Waals surface area contributed by atoms with Crippen LogP contribution in [-0.2, 0) is 9.47 Å². The number of hydrogen-bond donors (Lipinski definition) is 3. The Morgan fingerprint density at radius 2 is 0.909 bits per heavy atom. The minimum absolute atomic E-state index is 0. The second-order valence-corrected chi connectivity index (χ2v) is 25.4. The predicted octanol–water partition coefficient (Wildman–Crippen LogP) is 20.9. The summed E-state index contributed by atoms with van der Waals surface area (Å²) in [5, 5.41) is 11.5. The van der Waals surface area contributed by atoms with Gasteiger partial charge in [0.25, 0.3) is 5.91 Å². The number of halogens is 12. The first kappa shape index (κ1) is 73.5. The van der Waals surface area contributed by atoms with Crippen molar-refractivity contribution in [2.24, 2.45) is 5.73 Å². The largest absolute Gasteiger partial charge is 0.465 e. The van der Waals surface area contributed by atoms with E-state index in [0.717, 1.165) is 46.1 Å². The molecule has 0 aliphatic heterocycles. The maximum absolute atomic E-state index is 11.7. The first-order chi connectivity index (χ1) is 41.6. The first-order valence-electron chi connectivity index (χ1n) is 23.4. The van der Waals surface area contributed by atoms with Crippen LogP contribution in [0.1, 0.15) is 39.4 Å². The highest BCUT2D eigenvalue weighted by atomic mass is 79.9. The number of amides is 1. The van der Waals surface area contributed by atoms with E-state index in [4.69, 9.17) is 139 Å². The number of carbonyl (C=O) groups excluding carboxylic acids is 4. The predicted molar refractivity (Wildman–Crippen MR) is 365 cm³/mol. The zero-order valence-electron chi connectivity index (χ0n) is 44.6. The lowest BCUT2D eigenvalue weighted by Gasteiger charge is -2.08. The minimum Gasteiger partial charge on any atom is -0.465 e. The Kier molecular flexibility index (Phi) is 29.5. The van der Waals surface area contributed by atoms with Crippen molar-refractivity contribution in [3.63, 3.8) is 0 Å². The van der Waals surface area contributed by atoms with Gasteiger partial charge in [0.15, 0.2) is 33.8 Å². The number of rotatable bonds is 10. The van der Waals surface area contributed by atoms with Gasteiger partial charge in [-0.3, -0.25) is 9.59 Å². The van der Waals surface area contributed by atoms with Gasteiger partial charge in [0.2, 0.25) is 0 Å². The summed E-state index contributed by atoms with van der Waals surface area (Å²) in [4.78, 5) is 66.0. The van der Waals surface area contributed by atoms with Crippen molar-refractivity contribution < 1.29 is 48.0 Å². The van der Waals surface area contributed by atoms with Crippen molar-refractivity contribution in [2.45, 2.75) is 0 Å². The Balaban J connectivity index is 0.000000205. The van der Waals surface area contributed by atoms with Crippen molar-refractivity contribution in [2.75, 3.05) is 21.3 Å². The molecule has 3 aromatic carbocycles. The van der Waals surface area contributed by atoms with Crippen LogP contribution in [0.3, 0.4) is 0 Å². The number of aliphatic hydroxyl groups is 1. The van der Waals surface area contributed by atoms with Crippen LogP contribution in [0, 0.1) is 0 Å². The van der Waals surface area contributed by atoms with Crippen LogP contribution in [0.25, 0.3) is 30.3 Å². The molecule has 11 aromatic rings. The van der Waals surface area contributed by atoms with E-state index in [1.54, 1.807) is 55.0 Å². The molecule has 458 valence electrons. The quantitative estimate of drug-likeness (QED) is 0.0653. The van der Waals surface area contributed by atoms with Gasteiger partial charge in [-0.2, -0.15) is 0 Å². The van der Waals surface area contributed by atoms with Crippen molar-refractivity contribution >= 4 is 241 Å². The molecule has 0 bridgehead atoms. The molecule has 0 unspecified atom stereocenters. The van der Waals surface area contributed by atoms with E-state index in [0.29, 0.717) is 75.3 Å². The second kappa shape index (κ2) is 35.4. The fraction of sp³-hybridized carbons (Fsp3) is 0.0536. The molecule has 0 radical (unpaired) electrons. The third-order valence-corrected chi connectivity index (χ3v) is 18.2. The summed E-state index contributed by atoms with van der Waals surface area (Å²) in [6.07, 6.45) is 8.01. The highest BCUT2D eigenvalue weighted by Gasteiger charge is 2.20. The average Bonchev–Trinajstić information content (AvgIpc) is 3.78. The average molecular weight is 1620 g/mol. The van der Waals surface area contributed by atoms with Gasteiger partial charge in [-0.1, -0.05) is 152 Å². The number of nitrogens with zero attached hydrogens (tertiary/aromatic N) is 5. The Bertz CT molecular complexity index is 4250. The van der Waals surface area contributed by atoms with E-state index < -0.39 is 17.8 Å². The molecule has 17 nitrogen and oxygen atoms in total. The molecule has 0 saturated carbocycles. The number of thiophene rings is 3. The lowest BCUT2D eigenvalue weighted by Crippen LogP contribution is -2.08. The van der Waals surface area contributed by atoms with Gasteiger partial charge < -0.3 is 40.7 Å². The van der Waals surface area contributed by atoms with Gasteiger partial charge in [-0.25, -0.2) is 34.5 Å². The van der Waals surface area contributed by atoms with Gasteiger partial charge in [0, 0.05) is 61.5 Å². The Morgan fingerprint density at radius 1 is 0.500 bits per heavy atom. The Morgan fingerprint density at radius 3 is 1.34 bits per heavy atom. The molecule has 0 spiro atoms. The molecule has 0 atom stereocenters. The maximum atomic E-state index is 11.7. The van der Waals surface area contributed by atoms with E-state index in [9.17, 15) is 19.2 Å². The summed E-state index contributed by atoms with van der Waals surface area (Å²) in [5.41, 5.74) is 5.48. The molecule has 32 heteroatoms. The van der Waals surface area contributed by atoms with Gasteiger partial charge in [-0.05, 0) is 97.1 Å². The summed E-state index contributed by atoms with van der Waals surface area (Å²) < 4.78 is 32.1. The van der Waals surface area contributed by atoms with Crippen LogP contribution < -0.4 is 26.1 Å². The summed E-state index contributed by atoms with van der Waals surface area (Å²) in [6, 6.07) is 28.7. The van der Waals surface area contributed by atoms with Crippen molar-refractivity contribution in [1.29, 1.82) is 0 Å². The van der Waals surface area contributed by atoms with Gasteiger partial charge in [0.1, 0.15) is 42.5 Å². The fourth-order valence-electron chi connectivity index (χ4n) is 6.53. The van der Waals surface area contributed by atoms with Crippen molar-refractivity contribution in [3.8, 4) is 34.5 Å². The minimum atomic E-state index is -0.484. The molecule has 0 aliphatic carbocycles. The molecule has 0 aliphatic rings. The lowest BCUT2D eigenvalue weighted by molar-refractivity contribution is 0.0597. The second-order valence-electron chi connectivity index (χ2n) is 16.0. The number of primary amides is 1. The molecular weight excluding hydrogens is 1590 g/mol. The maximum Gasteiger partial charge on any atom is 0.348 e. The number of aldehydes is 1. The molecule has 0 saturated heterocycles. The number of benzene rings is 3. The highest BCUT2D eigenvalue weighted by Crippen LogP contribution is 2.42. The molecule has 1 amide bonds. The fourth-order valence-corrected chi connectivity index (χ4v) is 11.8. The summed E-state index contributed by atoms with van der Waals surface area (Å²) in [7, 11) is 3.68. The van der Waals surface area contributed by atoms with Crippen LogP contribution in [0.2, 0.25) is 45.9 Å². The third-order valence-electron chi connectivity index (χ3n) is 10.4. The van der Waals surface area contributed by atoms with Gasteiger partial charge in [0.05, 0.1) is 65.0 Å². The number of hydrogen-bond acceptors (Lipinski definition) is 19. The normalized spacial score (nSPS) is 10.2. The van der Waals surface area contributed by atoms with Crippen molar-refractivity contribution in [3.05, 3.63) is 208 Å². The number of aliphatic hydroxyl groups excluding tert-OH is 1. The number of pyridine rings is 5. The van der Waals surface area contributed by atoms with Crippen LogP contribution in [0.15, 0.2) is 141 Å². The molecule has 0 fully saturated rings. The highest BCUT2D eigenvalue weighted by molar-refractivity contribution is 9.11. The monoisotopic (exact) mass is 1610 g/mol. The van der Waals surface area contributed by atoms with Crippen LogP contribution in [0.4, 0.5) is 0 Å². The van der Waals surface area contributed by atoms with E-state index in [-0.39, 0.29) is 42.4 Å². The van der Waals surface area contributed by atoms with Crippen LogP contribution in [0.5, 0.6) is 34.5 Å². The molecule has 6 N–H and O–H groups in total. The molecular formula is C56H37Br3Cl9N7O10S3. The van der Waals surface area contributed by atoms with Crippen LogP contribution in [-0.4, -0.2) is 75.5 Å². The SMILES string of the molecule is CO.COC(=O)c1cc2c(Oc3ccc(Br)cc3)c(Cl)ncc2s1.COC(=O)c1cc2c(Oc3ccc(Br)cc3)cnc(Cl)c2s1.Clc1cnc(Cl)c(Cl)c1.N.NC(=O)c1cc2c(Oc3ccc(Br)cc3)c(Cl)ncc2s1.O=Cc1c(Cl)cnc(Cl)c1Cl. The number of aromatic nitrogens is 5. The summed E-state index contributed by atoms with van der Waals surface area (Å²) >= 11 is 65.4. The number of methoxy groups -OCH3 is 2. The van der Waals surface area contributed by atoms with E-state index in [1.807, 2.05) is 60.7 Å². The number of nitrogens with two attached hydrogens (primary N) is 1. The number of ether oxygens (including phenoxy) is 5.